The zero-order chi connectivity index (χ0) is 14.3. The van der Waals surface area contributed by atoms with Gasteiger partial charge in [-0.15, -0.1) is 11.8 Å². The summed E-state index contributed by atoms with van der Waals surface area (Å²) in [4.78, 5) is 12.2. The van der Waals surface area contributed by atoms with Gasteiger partial charge in [-0.1, -0.05) is 31.5 Å². The molecule has 3 nitrogen and oxygen atoms in total. The van der Waals surface area contributed by atoms with Gasteiger partial charge >= 0.3 is 5.97 Å². The second-order valence-corrected chi connectivity index (χ2v) is 6.10. The van der Waals surface area contributed by atoms with Crippen molar-refractivity contribution in [3.63, 3.8) is 0 Å². The van der Waals surface area contributed by atoms with Gasteiger partial charge in [0.1, 0.15) is 0 Å². The summed E-state index contributed by atoms with van der Waals surface area (Å²) in [7, 11) is 1.39. The molecule has 0 heterocycles. The molecular formula is C14H20ClNO2S. The third-order valence-electron chi connectivity index (χ3n) is 2.47. The number of carbonyl (C=O) groups is 1. The Hall–Kier alpha value is -0.710. The van der Waals surface area contributed by atoms with Gasteiger partial charge in [0, 0.05) is 16.5 Å². The number of esters is 1. The van der Waals surface area contributed by atoms with E-state index in [9.17, 15) is 4.79 Å². The molecule has 0 aliphatic heterocycles. The molecule has 0 amide bonds. The zero-order valence-corrected chi connectivity index (χ0v) is 13.1. The summed E-state index contributed by atoms with van der Waals surface area (Å²) >= 11 is 7.45. The van der Waals surface area contributed by atoms with Crippen molar-refractivity contribution in [2.45, 2.75) is 25.3 Å². The monoisotopic (exact) mass is 301 g/mol. The lowest BCUT2D eigenvalue weighted by Gasteiger charge is -2.12. The van der Waals surface area contributed by atoms with E-state index in [-0.39, 0.29) is 5.97 Å². The molecule has 0 fully saturated rings. The average Bonchev–Trinajstić information content (AvgIpc) is 2.37. The van der Waals surface area contributed by atoms with E-state index in [2.05, 4.69) is 23.9 Å². The summed E-state index contributed by atoms with van der Waals surface area (Å²) in [6.45, 7) is 6.08. The Labute approximate surface area is 124 Å². The first-order valence-electron chi connectivity index (χ1n) is 6.21. The standard InChI is InChI=1S/C14H20ClNO2S/c1-10(2)7-16-8-11-4-5-12(15)6-13(11)19-9-14(17)18-3/h4-6,10,16H,7-9H2,1-3H3. The maximum atomic E-state index is 11.2. The molecule has 0 unspecified atom stereocenters. The number of hydrogen-bond acceptors (Lipinski definition) is 4. The zero-order valence-electron chi connectivity index (χ0n) is 11.5. The van der Waals surface area contributed by atoms with Crippen molar-refractivity contribution in [1.29, 1.82) is 0 Å². The Morgan fingerprint density at radius 2 is 2.21 bits per heavy atom. The van der Waals surface area contributed by atoms with Crippen LogP contribution in [0.5, 0.6) is 0 Å². The Morgan fingerprint density at radius 3 is 2.84 bits per heavy atom. The van der Waals surface area contributed by atoms with Crippen LogP contribution in [0.2, 0.25) is 5.02 Å². The molecule has 5 heteroatoms. The second-order valence-electron chi connectivity index (χ2n) is 4.64. The van der Waals surface area contributed by atoms with E-state index < -0.39 is 0 Å². The van der Waals surface area contributed by atoms with Crippen LogP contribution < -0.4 is 5.32 Å². The number of halogens is 1. The van der Waals surface area contributed by atoms with Crippen LogP contribution in [0, 0.1) is 5.92 Å². The van der Waals surface area contributed by atoms with Crippen LogP contribution in [0.25, 0.3) is 0 Å². The van der Waals surface area contributed by atoms with Crippen LogP contribution >= 0.6 is 23.4 Å². The molecule has 0 aliphatic carbocycles. The molecule has 106 valence electrons. The van der Waals surface area contributed by atoms with Gasteiger partial charge in [0.05, 0.1) is 12.9 Å². The van der Waals surface area contributed by atoms with Crippen LogP contribution in [0.3, 0.4) is 0 Å². The van der Waals surface area contributed by atoms with E-state index in [1.807, 2.05) is 18.2 Å². The topological polar surface area (TPSA) is 38.3 Å². The molecule has 1 N–H and O–H groups in total. The van der Waals surface area contributed by atoms with Crippen molar-refractivity contribution in [3.8, 4) is 0 Å². The normalized spacial score (nSPS) is 10.8. The van der Waals surface area contributed by atoms with Gasteiger partial charge in [-0.2, -0.15) is 0 Å². The highest BCUT2D eigenvalue weighted by Gasteiger charge is 2.08. The Kier molecular flexibility index (Phi) is 7.28. The molecule has 1 aromatic carbocycles. The highest BCUT2D eigenvalue weighted by atomic mass is 35.5. The van der Waals surface area contributed by atoms with Gasteiger partial charge in [0.25, 0.3) is 0 Å². The predicted octanol–water partition coefficient (Wildman–Crippen LogP) is 3.35. The minimum absolute atomic E-state index is 0.230. The quantitative estimate of drug-likeness (QED) is 0.619. The Bertz CT molecular complexity index is 424. The van der Waals surface area contributed by atoms with Crippen LogP contribution in [0.4, 0.5) is 0 Å². The predicted molar refractivity (Wildman–Crippen MR) is 80.7 cm³/mol. The largest absolute Gasteiger partial charge is 0.468 e. The SMILES string of the molecule is COC(=O)CSc1cc(Cl)ccc1CNCC(C)C. The van der Waals surface area contributed by atoms with Gasteiger partial charge in [-0.3, -0.25) is 4.79 Å². The van der Waals surface area contributed by atoms with Crippen LogP contribution in [-0.4, -0.2) is 25.4 Å². The third-order valence-corrected chi connectivity index (χ3v) is 3.78. The first-order valence-corrected chi connectivity index (χ1v) is 7.58. The number of carbonyl (C=O) groups excluding carboxylic acids is 1. The van der Waals surface area contributed by atoms with Crippen LogP contribution in [-0.2, 0) is 16.1 Å². The number of nitrogens with one attached hydrogen (secondary N) is 1. The Morgan fingerprint density at radius 1 is 1.47 bits per heavy atom. The van der Waals surface area contributed by atoms with Gasteiger partial charge in [0.15, 0.2) is 0 Å². The Balaban J connectivity index is 2.65. The summed E-state index contributed by atoms with van der Waals surface area (Å²) in [6, 6.07) is 5.76. The highest BCUT2D eigenvalue weighted by Crippen LogP contribution is 2.26. The molecule has 1 rings (SSSR count). The lowest BCUT2D eigenvalue weighted by atomic mass is 10.2. The molecule has 1 aromatic rings. The van der Waals surface area contributed by atoms with Crippen molar-refractivity contribution in [3.05, 3.63) is 28.8 Å². The van der Waals surface area contributed by atoms with Crippen molar-refractivity contribution in [1.82, 2.24) is 5.32 Å². The smallest absolute Gasteiger partial charge is 0.315 e. The maximum Gasteiger partial charge on any atom is 0.315 e. The molecule has 0 radical (unpaired) electrons. The lowest BCUT2D eigenvalue weighted by molar-refractivity contribution is -0.137. The number of methoxy groups -OCH3 is 1. The van der Waals surface area contributed by atoms with Crippen molar-refractivity contribution >= 4 is 29.3 Å². The van der Waals surface area contributed by atoms with E-state index in [0.717, 1.165) is 23.5 Å². The molecule has 0 aromatic heterocycles. The van der Waals surface area contributed by atoms with Crippen LogP contribution in [0.15, 0.2) is 23.1 Å². The molecule has 0 atom stereocenters. The van der Waals surface area contributed by atoms with Crippen molar-refractivity contribution in [2.24, 2.45) is 5.92 Å². The molecule has 0 bridgehead atoms. The highest BCUT2D eigenvalue weighted by molar-refractivity contribution is 8.00. The third kappa shape index (κ3) is 6.32. The first-order chi connectivity index (χ1) is 9.02. The molecule has 0 spiro atoms. The van der Waals surface area contributed by atoms with Crippen molar-refractivity contribution in [2.75, 3.05) is 19.4 Å². The summed E-state index contributed by atoms with van der Waals surface area (Å²) in [6.07, 6.45) is 0. The second kappa shape index (κ2) is 8.46. The molecule has 0 aliphatic rings. The number of benzene rings is 1. The van der Waals surface area contributed by atoms with Crippen molar-refractivity contribution < 1.29 is 9.53 Å². The summed E-state index contributed by atoms with van der Waals surface area (Å²) in [5.74, 6) is 0.679. The molecular weight excluding hydrogens is 282 g/mol. The fourth-order valence-corrected chi connectivity index (χ4v) is 2.66. The minimum atomic E-state index is -0.230. The maximum absolute atomic E-state index is 11.2. The van der Waals surface area contributed by atoms with E-state index in [4.69, 9.17) is 11.6 Å². The number of ether oxygens (including phenoxy) is 1. The summed E-state index contributed by atoms with van der Waals surface area (Å²) in [5.41, 5.74) is 1.15. The molecule has 0 saturated carbocycles. The van der Waals surface area contributed by atoms with E-state index >= 15 is 0 Å². The number of rotatable bonds is 7. The number of thioether (sulfide) groups is 1. The van der Waals surface area contributed by atoms with E-state index in [1.165, 1.54) is 18.9 Å². The first kappa shape index (κ1) is 16.3. The van der Waals surface area contributed by atoms with Gasteiger partial charge in [-0.05, 0) is 30.2 Å². The molecule has 0 saturated heterocycles. The number of hydrogen-bond donors (Lipinski definition) is 1. The van der Waals surface area contributed by atoms with E-state index in [0.29, 0.717) is 16.7 Å². The fourth-order valence-electron chi connectivity index (χ4n) is 1.50. The van der Waals surface area contributed by atoms with Gasteiger partial charge < -0.3 is 10.1 Å². The minimum Gasteiger partial charge on any atom is -0.468 e. The van der Waals surface area contributed by atoms with Gasteiger partial charge in [-0.25, -0.2) is 0 Å². The summed E-state index contributed by atoms with van der Waals surface area (Å²) < 4.78 is 4.65. The van der Waals surface area contributed by atoms with E-state index in [1.54, 1.807) is 0 Å². The van der Waals surface area contributed by atoms with Gasteiger partial charge in [0.2, 0.25) is 0 Å². The molecule has 19 heavy (non-hydrogen) atoms. The average molecular weight is 302 g/mol. The summed E-state index contributed by atoms with van der Waals surface area (Å²) in [5, 5.41) is 4.07. The lowest BCUT2D eigenvalue weighted by Crippen LogP contribution is -2.19. The fraction of sp³-hybridized carbons (Fsp3) is 0.500. The van der Waals surface area contributed by atoms with Crippen LogP contribution in [0.1, 0.15) is 19.4 Å².